The van der Waals surface area contributed by atoms with E-state index < -0.39 is 21.9 Å². The molecule has 0 unspecified atom stereocenters. The first-order valence-corrected chi connectivity index (χ1v) is 18.1. The monoisotopic (exact) mass is 697 g/mol. The molecule has 0 aliphatic rings. The van der Waals surface area contributed by atoms with Gasteiger partial charge in [-0.05, 0) is 77.1 Å². The van der Waals surface area contributed by atoms with Gasteiger partial charge in [0.25, 0.3) is 0 Å². The van der Waals surface area contributed by atoms with Crippen LogP contribution in [-0.2, 0) is 35.8 Å². The molecular weight excluding hydrogens is 658 g/mol. The molecule has 9 heteroatoms. The average Bonchev–Trinajstić information content (AvgIpc) is 3.11. The lowest BCUT2D eigenvalue weighted by Crippen LogP contribution is -2.30. The number of carboxylic acid groups (broad SMARTS) is 1. The minimum Gasteiger partial charge on any atom is -0.488 e. The maximum absolute atomic E-state index is 13.8. The fourth-order valence-corrected chi connectivity index (χ4v) is 7.26. The predicted molar refractivity (Wildman–Crippen MR) is 192 cm³/mol. The van der Waals surface area contributed by atoms with E-state index in [0.717, 1.165) is 22.3 Å². The van der Waals surface area contributed by atoms with Crippen molar-refractivity contribution in [2.45, 2.75) is 55.2 Å². The first-order chi connectivity index (χ1) is 23.6. The second kappa shape index (κ2) is 16.8. The summed E-state index contributed by atoms with van der Waals surface area (Å²) in [4.78, 5) is 14.5. The first-order valence-electron chi connectivity index (χ1n) is 16.2. The second-order valence-corrected chi connectivity index (χ2v) is 14.4. The van der Waals surface area contributed by atoms with E-state index in [0.29, 0.717) is 49.5 Å². The van der Waals surface area contributed by atoms with Gasteiger partial charge in [-0.15, -0.1) is 0 Å². The summed E-state index contributed by atoms with van der Waals surface area (Å²) in [6.45, 7) is 3.74. The third-order valence-electron chi connectivity index (χ3n) is 8.29. The molecule has 0 aliphatic heterocycles. The van der Waals surface area contributed by atoms with Crippen LogP contribution in [0.25, 0.3) is 0 Å². The molecule has 0 aliphatic carbocycles. The number of aliphatic hydroxyl groups is 1. The molecule has 0 bridgehead atoms. The number of carboxylic acids is 1. The smallest absolute Gasteiger partial charge is 0.339 e. The molecule has 254 valence electrons. The molecule has 0 fully saturated rings. The molecule has 5 aromatic carbocycles. The summed E-state index contributed by atoms with van der Waals surface area (Å²) in [7, 11) is -4.03. The highest BCUT2D eigenvalue weighted by Crippen LogP contribution is 2.33. The number of benzene rings is 5. The van der Waals surface area contributed by atoms with Gasteiger partial charge >= 0.3 is 5.97 Å². The summed E-state index contributed by atoms with van der Waals surface area (Å²) in [6, 6.07) is 36.0. The van der Waals surface area contributed by atoms with Crippen LogP contribution in [0.4, 0.5) is 0 Å². The Morgan fingerprint density at radius 2 is 1.47 bits per heavy atom. The fraction of sp³-hybridized carbons (Fsp3) is 0.225. The van der Waals surface area contributed by atoms with E-state index in [-0.39, 0.29) is 27.7 Å². The molecular formula is C40H40ClNO6S. The molecule has 0 saturated carbocycles. The van der Waals surface area contributed by atoms with Gasteiger partial charge in [0.15, 0.2) is 0 Å². The van der Waals surface area contributed by atoms with Crippen molar-refractivity contribution in [3.05, 3.63) is 160 Å². The predicted octanol–water partition coefficient (Wildman–Crippen LogP) is 8.18. The number of sulfone groups is 1. The number of ether oxygens (including phenoxy) is 1. The van der Waals surface area contributed by atoms with Gasteiger partial charge in [0.2, 0.25) is 9.84 Å². The van der Waals surface area contributed by atoms with Crippen LogP contribution in [-0.4, -0.2) is 42.6 Å². The SMILES string of the molecule is CCCc1cc(S(=O)(=O)c2ccc(CCN(Cc3ccccc3)C[C@@H](O)c3cccc(Cl)c3)cc2)cc(C(=O)O)c1OCc1ccccc1. The van der Waals surface area contributed by atoms with E-state index in [1.807, 2.05) is 79.7 Å². The summed E-state index contributed by atoms with van der Waals surface area (Å²) in [6.07, 6.45) is 1.01. The standard InChI is InChI=1S/C40H40ClNO6S/c1-2-10-33-24-36(25-37(40(44)45)39(33)48-28-31-13-7-4-8-14-31)49(46,47)35-19-17-29(18-20-35)21-22-42(26-30-11-5-3-6-12-30)27-38(43)32-15-9-16-34(41)23-32/h3-9,11-20,23-25,38,43H,2,10,21-22,26-28H2,1H3,(H,44,45)/t38-/m1/s1. The van der Waals surface area contributed by atoms with Crippen LogP contribution >= 0.6 is 11.6 Å². The Labute approximate surface area is 293 Å². The van der Waals surface area contributed by atoms with Crippen molar-refractivity contribution >= 4 is 27.4 Å². The highest BCUT2D eigenvalue weighted by Gasteiger charge is 2.25. The lowest BCUT2D eigenvalue weighted by atomic mass is 10.0. The molecule has 1 atom stereocenters. The van der Waals surface area contributed by atoms with Gasteiger partial charge in [0, 0.05) is 24.7 Å². The number of rotatable bonds is 16. The van der Waals surface area contributed by atoms with Crippen LogP contribution in [0, 0.1) is 0 Å². The molecule has 0 spiro atoms. The largest absolute Gasteiger partial charge is 0.488 e. The quantitative estimate of drug-likeness (QED) is 0.107. The molecule has 5 aromatic rings. The van der Waals surface area contributed by atoms with Crippen LogP contribution in [0.5, 0.6) is 5.75 Å². The Balaban J connectivity index is 1.34. The first kappa shape index (κ1) is 35.8. The van der Waals surface area contributed by atoms with Crippen molar-refractivity contribution in [1.82, 2.24) is 4.90 Å². The molecule has 0 amide bonds. The van der Waals surface area contributed by atoms with E-state index in [4.69, 9.17) is 16.3 Å². The van der Waals surface area contributed by atoms with Crippen molar-refractivity contribution in [2.75, 3.05) is 13.1 Å². The number of hydrogen-bond donors (Lipinski definition) is 2. The van der Waals surface area contributed by atoms with Gasteiger partial charge in [-0.1, -0.05) is 110 Å². The Kier molecular flexibility index (Phi) is 12.3. The molecule has 0 heterocycles. The zero-order valence-corrected chi connectivity index (χ0v) is 28.9. The summed E-state index contributed by atoms with van der Waals surface area (Å²) < 4.78 is 33.7. The Hall–Kier alpha value is -4.47. The minimum absolute atomic E-state index is 0.0745. The van der Waals surface area contributed by atoms with E-state index in [2.05, 4.69) is 4.90 Å². The molecule has 49 heavy (non-hydrogen) atoms. The zero-order valence-electron chi connectivity index (χ0n) is 27.3. The molecule has 0 aromatic heterocycles. The molecule has 7 nitrogen and oxygen atoms in total. The molecule has 2 N–H and O–H groups in total. The number of hydrogen-bond acceptors (Lipinski definition) is 6. The fourth-order valence-electron chi connectivity index (χ4n) is 5.73. The van der Waals surface area contributed by atoms with Gasteiger partial charge in [-0.25, -0.2) is 13.2 Å². The Morgan fingerprint density at radius 3 is 2.10 bits per heavy atom. The van der Waals surface area contributed by atoms with Crippen molar-refractivity contribution in [3.63, 3.8) is 0 Å². The molecule has 5 rings (SSSR count). The number of aryl methyl sites for hydroxylation is 1. The summed E-state index contributed by atoms with van der Waals surface area (Å²) in [5.74, 6) is -1.07. The van der Waals surface area contributed by atoms with Crippen LogP contribution < -0.4 is 4.74 Å². The Morgan fingerprint density at radius 1 is 0.796 bits per heavy atom. The van der Waals surface area contributed by atoms with Crippen LogP contribution in [0.3, 0.4) is 0 Å². The van der Waals surface area contributed by atoms with Crippen LogP contribution in [0.15, 0.2) is 131 Å². The van der Waals surface area contributed by atoms with Crippen molar-refractivity contribution in [2.24, 2.45) is 0 Å². The zero-order chi connectivity index (χ0) is 34.8. The van der Waals surface area contributed by atoms with Gasteiger partial charge in [-0.2, -0.15) is 0 Å². The number of carbonyl (C=O) groups is 1. The van der Waals surface area contributed by atoms with Crippen LogP contribution in [0.2, 0.25) is 5.02 Å². The summed E-state index contributed by atoms with van der Waals surface area (Å²) >= 11 is 6.17. The van der Waals surface area contributed by atoms with E-state index >= 15 is 0 Å². The van der Waals surface area contributed by atoms with Gasteiger partial charge in [-0.3, -0.25) is 4.90 Å². The highest BCUT2D eigenvalue weighted by molar-refractivity contribution is 7.91. The number of nitrogens with zero attached hydrogens (tertiary/aromatic N) is 1. The molecule has 0 radical (unpaired) electrons. The minimum atomic E-state index is -4.03. The number of halogens is 1. The summed E-state index contributed by atoms with van der Waals surface area (Å²) in [5.41, 5.74) is 4.00. The van der Waals surface area contributed by atoms with Gasteiger partial charge in [0.05, 0.1) is 15.9 Å². The van der Waals surface area contributed by atoms with E-state index in [1.165, 1.54) is 12.1 Å². The Bertz CT molecular complexity index is 1950. The van der Waals surface area contributed by atoms with Crippen LogP contribution in [0.1, 0.15) is 57.6 Å². The second-order valence-electron chi connectivity index (χ2n) is 12.0. The normalized spacial score (nSPS) is 12.2. The highest BCUT2D eigenvalue weighted by atomic mass is 35.5. The third-order valence-corrected chi connectivity index (χ3v) is 10.3. The van der Waals surface area contributed by atoms with Crippen molar-refractivity contribution in [1.29, 1.82) is 0 Å². The van der Waals surface area contributed by atoms with Crippen molar-refractivity contribution < 1.29 is 28.2 Å². The lowest BCUT2D eigenvalue weighted by Gasteiger charge is -2.25. The average molecular weight is 698 g/mol. The van der Waals surface area contributed by atoms with Gasteiger partial charge in [0.1, 0.15) is 17.9 Å². The van der Waals surface area contributed by atoms with Gasteiger partial charge < -0.3 is 14.9 Å². The summed E-state index contributed by atoms with van der Waals surface area (Å²) in [5, 5.41) is 21.7. The topological polar surface area (TPSA) is 104 Å². The lowest BCUT2D eigenvalue weighted by molar-refractivity contribution is 0.0691. The van der Waals surface area contributed by atoms with E-state index in [9.17, 15) is 23.4 Å². The number of aliphatic hydroxyl groups excluding tert-OH is 1. The third kappa shape index (κ3) is 9.58. The maximum atomic E-state index is 13.8. The van der Waals surface area contributed by atoms with Crippen molar-refractivity contribution in [3.8, 4) is 5.75 Å². The molecule has 0 saturated heterocycles. The number of aromatic carboxylic acids is 1. The van der Waals surface area contributed by atoms with E-state index in [1.54, 1.807) is 36.4 Å². The maximum Gasteiger partial charge on any atom is 0.339 e.